The molecule has 3 rings (SSSR count). The summed E-state index contributed by atoms with van der Waals surface area (Å²) < 4.78 is 2.28. The van der Waals surface area contributed by atoms with Gasteiger partial charge >= 0.3 is 0 Å². The van der Waals surface area contributed by atoms with Gasteiger partial charge in [0.25, 0.3) is 0 Å². The molecule has 0 radical (unpaired) electrons. The second-order valence-electron chi connectivity index (χ2n) is 8.21. The zero-order valence-electron chi connectivity index (χ0n) is 18.5. The van der Waals surface area contributed by atoms with Gasteiger partial charge in [-0.3, -0.25) is 4.99 Å². The summed E-state index contributed by atoms with van der Waals surface area (Å²) in [4.78, 5) is 13.7. The molecule has 0 fully saturated rings. The molecule has 0 aliphatic carbocycles. The molecule has 0 aliphatic rings. The van der Waals surface area contributed by atoms with E-state index in [-0.39, 0.29) is 29.4 Å². The van der Waals surface area contributed by atoms with Crippen LogP contribution in [0.4, 0.5) is 0 Å². The molecule has 0 saturated carbocycles. The van der Waals surface area contributed by atoms with Crippen LogP contribution in [-0.2, 0) is 18.4 Å². The molecule has 164 valence electrons. The molecule has 2 aromatic heterocycles. The molecular formula is C22H33IN6S. The van der Waals surface area contributed by atoms with Crippen LogP contribution >= 0.6 is 35.3 Å². The van der Waals surface area contributed by atoms with Gasteiger partial charge in [0.2, 0.25) is 0 Å². The molecule has 8 heteroatoms. The van der Waals surface area contributed by atoms with Gasteiger partial charge in [-0.2, -0.15) is 0 Å². The lowest BCUT2D eigenvalue weighted by atomic mass is 9.93. The molecule has 30 heavy (non-hydrogen) atoms. The zero-order chi connectivity index (χ0) is 20.9. The molecule has 0 saturated heterocycles. The van der Waals surface area contributed by atoms with Gasteiger partial charge in [0.05, 0.1) is 21.7 Å². The minimum absolute atomic E-state index is 0. The molecule has 0 bridgehead atoms. The molecule has 2 heterocycles. The van der Waals surface area contributed by atoms with Crippen LogP contribution in [0.25, 0.3) is 11.0 Å². The minimum Gasteiger partial charge on any atom is -0.356 e. The number of nitrogens with one attached hydrogen (secondary N) is 2. The Kier molecular flexibility index (Phi) is 9.09. The van der Waals surface area contributed by atoms with E-state index in [0.29, 0.717) is 0 Å². The van der Waals surface area contributed by atoms with Gasteiger partial charge in [-0.05, 0) is 25.5 Å². The first-order valence-corrected chi connectivity index (χ1v) is 11.1. The van der Waals surface area contributed by atoms with Gasteiger partial charge in [0, 0.05) is 43.9 Å². The molecule has 0 atom stereocenters. The number of imidazole rings is 1. The normalized spacial score (nSPS) is 12.1. The average Bonchev–Trinajstić information content (AvgIpc) is 3.28. The Hall–Kier alpha value is -1.68. The summed E-state index contributed by atoms with van der Waals surface area (Å²) in [5, 5.41) is 10.1. The summed E-state index contributed by atoms with van der Waals surface area (Å²) in [6.45, 7) is 11.3. The highest BCUT2D eigenvalue weighted by Crippen LogP contribution is 2.23. The Morgan fingerprint density at radius 1 is 1.13 bits per heavy atom. The van der Waals surface area contributed by atoms with Crippen molar-refractivity contribution in [1.82, 2.24) is 25.2 Å². The zero-order valence-corrected chi connectivity index (χ0v) is 21.7. The van der Waals surface area contributed by atoms with Crippen LogP contribution in [0, 0.1) is 6.92 Å². The highest BCUT2D eigenvalue weighted by molar-refractivity contribution is 14.0. The molecule has 0 amide bonds. The van der Waals surface area contributed by atoms with Crippen molar-refractivity contribution >= 4 is 52.3 Å². The van der Waals surface area contributed by atoms with Crippen LogP contribution in [0.5, 0.6) is 0 Å². The maximum atomic E-state index is 4.75. The van der Waals surface area contributed by atoms with Gasteiger partial charge in [0.15, 0.2) is 5.96 Å². The molecular weight excluding hydrogens is 507 g/mol. The summed E-state index contributed by atoms with van der Waals surface area (Å²) in [6, 6.07) is 8.30. The third-order valence-corrected chi connectivity index (χ3v) is 5.78. The first-order chi connectivity index (χ1) is 13.9. The first kappa shape index (κ1) is 24.6. The predicted molar refractivity (Wildman–Crippen MR) is 138 cm³/mol. The minimum atomic E-state index is 0. The fraction of sp³-hybridized carbons (Fsp3) is 0.500. The number of aliphatic imine (C=N–C) groups is 1. The van der Waals surface area contributed by atoms with Crippen LogP contribution in [0.2, 0.25) is 0 Å². The van der Waals surface area contributed by atoms with Gasteiger partial charge in [-0.15, -0.1) is 35.3 Å². The number of hydrogen-bond donors (Lipinski definition) is 2. The van der Waals surface area contributed by atoms with E-state index in [1.807, 2.05) is 13.1 Å². The number of guanidine groups is 1. The van der Waals surface area contributed by atoms with E-state index >= 15 is 0 Å². The predicted octanol–water partition coefficient (Wildman–Crippen LogP) is 4.51. The Morgan fingerprint density at radius 3 is 2.57 bits per heavy atom. The molecule has 0 aliphatic heterocycles. The third kappa shape index (κ3) is 6.41. The van der Waals surface area contributed by atoms with E-state index < -0.39 is 0 Å². The second kappa shape index (κ2) is 11.1. The maximum absolute atomic E-state index is 4.75. The summed E-state index contributed by atoms with van der Waals surface area (Å²) in [5.74, 6) is 1.90. The van der Waals surface area contributed by atoms with E-state index in [0.717, 1.165) is 49.8 Å². The van der Waals surface area contributed by atoms with E-state index in [4.69, 9.17) is 4.98 Å². The monoisotopic (exact) mass is 540 g/mol. The Bertz CT molecular complexity index is 970. The van der Waals surface area contributed by atoms with E-state index in [1.54, 1.807) is 11.3 Å². The van der Waals surface area contributed by atoms with Gasteiger partial charge in [-0.1, -0.05) is 32.9 Å². The van der Waals surface area contributed by atoms with Crippen molar-refractivity contribution in [1.29, 1.82) is 0 Å². The van der Waals surface area contributed by atoms with Crippen LogP contribution in [0.3, 0.4) is 0 Å². The highest BCUT2D eigenvalue weighted by Gasteiger charge is 2.17. The lowest BCUT2D eigenvalue weighted by Gasteiger charge is -2.14. The fourth-order valence-corrected chi connectivity index (χ4v) is 4.23. The van der Waals surface area contributed by atoms with E-state index in [2.05, 4.69) is 76.5 Å². The molecule has 2 N–H and O–H groups in total. The number of aromatic nitrogens is 3. The van der Waals surface area contributed by atoms with Gasteiger partial charge in [-0.25, -0.2) is 9.97 Å². The van der Waals surface area contributed by atoms with Gasteiger partial charge < -0.3 is 15.2 Å². The highest BCUT2D eigenvalue weighted by atomic mass is 127. The van der Waals surface area contributed by atoms with Crippen molar-refractivity contribution in [3.63, 3.8) is 0 Å². The second-order valence-corrected chi connectivity index (χ2v) is 9.15. The van der Waals surface area contributed by atoms with Crippen molar-refractivity contribution in [3.05, 3.63) is 46.2 Å². The molecule has 0 spiro atoms. The van der Waals surface area contributed by atoms with Gasteiger partial charge in [0.1, 0.15) is 5.82 Å². The van der Waals surface area contributed by atoms with Crippen molar-refractivity contribution in [2.45, 2.75) is 52.5 Å². The Morgan fingerprint density at radius 2 is 1.87 bits per heavy atom. The van der Waals surface area contributed by atoms with Crippen LogP contribution in [0.1, 0.15) is 43.7 Å². The number of nitrogens with zero attached hydrogens (tertiary/aromatic N) is 4. The Balaban J connectivity index is 0.00000320. The molecule has 0 unspecified atom stereocenters. The van der Waals surface area contributed by atoms with Crippen molar-refractivity contribution in [2.24, 2.45) is 4.99 Å². The SMILES string of the molecule is CN=C(NCCCn1c(C)nc2ccccc21)NCCc1nc(C(C)(C)C)cs1.I. The lowest BCUT2D eigenvalue weighted by Crippen LogP contribution is -2.39. The number of rotatable bonds is 7. The molecule has 3 aromatic rings. The third-order valence-electron chi connectivity index (χ3n) is 4.87. The van der Waals surface area contributed by atoms with Crippen LogP contribution in [-0.4, -0.2) is 40.6 Å². The Labute approximate surface area is 200 Å². The largest absolute Gasteiger partial charge is 0.356 e. The number of halogens is 1. The fourth-order valence-electron chi connectivity index (χ4n) is 3.20. The average molecular weight is 541 g/mol. The number of fused-ring (bicyclic) bond motifs is 1. The standard InChI is InChI=1S/C22H32N6S.HI/c1-16-26-17-9-6-7-10-18(17)28(16)14-8-12-24-21(23-5)25-13-11-20-27-19(15-29-20)22(2,3)4;/h6-7,9-10,15H,8,11-14H2,1-5H3,(H2,23,24,25);1H. The maximum Gasteiger partial charge on any atom is 0.190 e. The number of thiazole rings is 1. The number of aryl methyl sites for hydroxylation is 2. The van der Waals surface area contributed by atoms with Crippen molar-refractivity contribution in [2.75, 3.05) is 20.1 Å². The smallest absolute Gasteiger partial charge is 0.190 e. The quantitative estimate of drug-likeness (QED) is 0.200. The van der Waals surface area contributed by atoms with E-state index in [1.165, 1.54) is 16.2 Å². The number of hydrogen-bond acceptors (Lipinski definition) is 4. The number of benzene rings is 1. The van der Waals surface area contributed by atoms with Crippen molar-refractivity contribution in [3.8, 4) is 0 Å². The first-order valence-electron chi connectivity index (χ1n) is 10.2. The lowest BCUT2D eigenvalue weighted by molar-refractivity contribution is 0.570. The van der Waals surface area contributed by atoms with Crippen molar-refractivity contribution < 1.29 is 0 Å². The van der Waals surface area contributed by atoms with E-state index in [9.17, 15) is 0 Å². The molecule has 1 aromatic carbocycles. The van der Waals surface area contributed by atoms with Crippen LogP contribution in [0.15, 0.2) is 34.6 Å². The summed E-state index contributed by atoms with van der Waals surface area (Å²) in [5.41, 5.74) is 3.54. The summed E-state index contributed by atoms with van der Waals surface area (Å²) >= 11 is 1.74. The number of para-hydroxylation sites is 2. The summed E-state index contributed by atoms with van der Waals surface area (Å²) in [7, 11) is 1.81. The van der Waals surface area contributed by atoms with Crippen LogP contribution < -0.4 is 10.6 Å². The summed E-state index contributed by atoms with van der Waals surface area (Å²) in [6.07, 6.45) is 1.91. The molecule has 6 nitrogen and oxygen atoms in total. The topological polar surface area (TPSA) is 67.1 Å².